The summed E-state index contributed by atoms with van der Waals surface area (Å²) in [6, 6.07) is 9.70. The van der Waals surface area contributed by atoms with Crippen molar-refractivity contribution in [3.05, 3.63) is 59.4 Å². The van der Waals surface area contributed by atoms with Crippen molar-refractivity contribution < 1.29 is 9.32 Å². The molecule has 0 bridgehead atoms. The fourth-order valence-corrected chi connectivity index (χ4v) is 3.39. The van der Waals surface area contributed by atoms with Gasteiger partial charge in [-0.05, 0) is 20.3 Å². The topological polar surface area (TPSA) is 73.0 Å². The first-order valence-electron chi connectivity index (χ1n) is 8.47. The molecule has 6 heteroatoms. The molecule has 3 aromatic rings. The first-order chi connectivity index (χ1) is 12.1. The van der Waals surface area contributed by atoms with Gasteiger partial charge in [0, 0.05) is 30.8 Å². The monoisotopic (exact) mass is 336 g/mol. The van der Waals surface area contributed by atoms with E-state index in [0.717, 1.165) is 36.5 Å². The summed E-state index contributed by atoms with van der Waals surface area (Å²) < 4.78 is 7.42. The predicted molar refractivity (Wildman–Crippen MR) is 93.2 cm³/mol. The summed E-state index contributed by atoms with van der Waals surface area (Å²) >= 11 is 0. The van der Waals surface area contributed by atoms with Crippen molar-refractivity contribution in [1.29, 1.82) is 0 Å². The van der Waals surface area contributed by atoms with E-state index in [-0.39, 0.29) is 11.9 Å². The molecule has 3 heterocycles. The number of imidazole rings is 1. The summed E-state index contributed by atoms with van der Waals surface area (Å²) in [5.41, 5.74) is 2.99. The maximum Gasteiger partial charge on any atom is 0.257 e. The van der Waals surface area contributed by atoms with Gasteiger partial charge in [0.25, 0.3) is 5.91 Å². The van der Waals surface area contributed by atoms with Gasteiger partial charge in [-0.15, -0.1) is 0 Å². The van der Waals surface area contributed by atoms with Crippen molar-refractivity contribution in [2.75, 3.05) is 0 Å². The zero-order valence-electron chi connectivity index (χ0n) is 14.3. The largest absolute Gasteiger partial charge is 0.360 e. The van der Waals surface area contributed by atoms with E-state index in [0.29, 0.717) is 17.0 Å². The summed E-state index contributed by atoms with van der Waals surface area (Å²) in [7, 11) is 0. The molecule has 0 spiro atoms. The Bertz CT molecular complexity index is 911. The number of carbonyl (C=O) groups excluding carboxylic acids is 1. The van der Waals surface area contributed by atoms with Gasteiger partial charge in [-0.25, -0.2) is 4.98 Å². The molecule has 0 fully saturated rings. The number of benzene rings is 1. The van der Waals surface area contributed by atoms with Gasteiger partial charge in [0.15, 0.2) is 0 Å². The second kappa shape index (κ2) is 6.20. The molecule has 1 amide bonds. The minimum atomic E-state index is -0.136. The van der Waals surface area contributed by atoms with Crippen LogP contribution in [0.15, 0.2) is 41.1 Å². The lowest BCUT2D eigenvalue weighted by molar-refractivity contribution is 0.0926. The highest BCUT2D eigenvalue weighted by molar-refractivity contribution is 6.00. The van der Waals surface area contributed by atoms with E-state index in [1.165, 1.54) is 0 Å². The van der Waals surface area contributed by atoms with Crippen LogP contribution in [0.25, 0.3) is 11.3 Å². The maximum absolute atomic E-state index is 12.9. The predicted octanol–water partition coefficient (Wildman–Crippen LogP) is 2.90. The smallest absolute Gasteiger partial charge is 0.257 e. The normalized spacial score (nSPS) is 16.5. The van der Waals surface area contributed by atoms with Gasteiger partial charge >= 0.3 is 0 Å². The quantitative estimate of drug-likeness (QED) is 0.798. The molecule has 128 valence electrons. The third-order valence-electron chi connectivity index (χ3n) is 4.59. The molecule has 1 atom stereocenters. The van der Waals surface area contributed by atoms with Crippen molar-refractivity contribution in [2.24, 2.45) is 0 Å². The van der Waals surface area contributed by atoms with Crippen LogP contribution in [0.3, 0.4) is 0 Å². The van der Waals surface area contributed by atoms with E-state index < -0.39 is 0 Å². The Morgan fingerprint density at radius 2 is 2.08 bits per heavy atom. The molecule has 2 aromatic heterocycles. The standard InChI is InChI=1S/C19H20N4O2/c1-12-10-23-11-15(8-9-16(23)20-12)21-19(24)17-13(2)25-22-18(17)14-6-4-3-5-7-14/h3-7,10,15H,8-9,11H2,1-2H3,(H,21,24)/t15-/m1/s1. The van der Waals surface area contributed by atoms with Crippen molar-refractivity contribution in [1.82, 2.24) is 20.0 Å². The van der Waals surface area contributed by atoms with Crippen molar-refractivity contribution in [3.8, 4) is 11.3 Å². The Morgan fingerprint density at radius 1 is 1.28 bits per heavy atom. The molecule has 6 nitrogen and oxygen atoms in total. The molecule has 0 aliphatic carbocycles. The van der Waals surface area contributed by atoms with E-state index in [2.05, 4.69) is 20.0 Å². The van der Waals surface area contributed by atoms with Gasteiger partial charge in [-0.1, -0.05) is 35.5 Å². The highest BCUT2D eigenvalue weighted by atomic mass is 16.5. The molecule has 4 rings (SSSR count). The highest BCUT2D eigenvalue weighted by Crippen LogP contribution is 2.25. The SMILES string of the molecule is Cc1cn2c(n1)CC[C@@H](NC(=O)c1c(-c3ccccc3)noc1C)C2. The first-order valence-corrected chi connectivity index (χ1v) is 8.47. The van der Waals surface area contributed by atoms with Gasteiger partial charge in [-0.3, -0.25) is 4.79 Å². The fraction of sp³-hybridized carbons (Fsp3) is 0.316. The van der Waals surface area contributed by atoms with E-state index in [1.807, 2.05) is 43.5 Å². The molecule has 0 unspecified atom stereocenters. The second-order valence-electron chi connectivity index (χ2n) is 6.49. The summed E-state index contributed by atoms with van der Waals surface area (Å²) in [5.74, 6) is 1.49. The molecule has 0 radical (unpaired) electrons. The van der Waals surface area contributed by atoms with E-state index in [9.17, 15) is 4.79 Å². The van der Waals surface area contributed by atoms with Gasteiger partial charge in [0.05, 0.1) is 5.69 Å². The van der Waals surface area contributed by atoms with Gasteiger partial charge < -0.3 is 14.4 Å². The Balaban J connectivity index is 1.55. The van der Waals surface area contributed by atoms with Gasteiger partial charge in [-0.2, -0.15) is 0 Å². The number of aromatic nitrogens is 3. The van der Waals surface area contributed by atoms with Gasteiger partial charge in [0.1, 0.15) is 22.8 Å². The second-order valence-corrected chi connectivity index (χ2v) is 6.49. The number of hydrogen-bond donors (Lipinski definition) is 1. The molecule has 1 aromatic carbocycles. The molecule has 1 N–H and O–H groups in total. The molecule has 0 saturated heterocycles. The van der Waals surface area contributed by atoms with E-state index in [1.54, 1.807) is 6.92 Å². The van der Waals surface area contributed by atoms with Crippen LogP contribution in [-0.4, -0.2) is 26.7 Å². The number of nitrogens with zero attached hydrogens (tertiary/aromatic N) is 3. The van der Waals surface area contributed by atoms with Gasteiger partial charge in [0.2, 0.25) is 0 Å². The minimum absolute atomic E-state index is 0.0755. The number of carbonyl (C=O) groups is 1. The Hall–Kier alpha value is -2.89. The van der Waals surface area contributed by atoms with Crippen LogP contribution in [0.5, 0.6) is 0 Å². The molecule has 0 saturated carbocycles. The highest BCUT2D eigenvalue weighted by Gasteiger charge is 2.26. The molecular formula is C19H20N4O2. The van der Waals surface area contributed by atoms with Crippen LogP contribution < -0.4 is 5.32 Å². The van der Waals surface area contributed by atoms with E-state index in [4.69, 9.17) is 4.52 Å². The molecule has 1 aliphatic rings. The summed E-state index contributed by atoms with van der Waals surface area (Å²) in [6.45, 7) is 4.50. The summed E-state index contributed by atoms with van der Waals surface area (Å²) in [5, 5.41) is 7.22. The van der Waals surface area contributed by atoms with Crippen LogP contribution in [-0.2, 0) is 13.0 Å². The number of fused-ring (bicyclic) bond motifs is 1. The number of nitrogens with one attached hydrogen (secondary N) is 1. The lowest BCUT2D eigenvalue weighted by Crippen LogP contribution is -2.41. The summed E-state index contributed by atoms with van der Waals surface area (Å²) in [4.78, 5) is 17.4. The number of amides is 1. The number of rotatable bonds is 3. The molecule has 25 heavy (non-hydrogen) atoms. The van der Waals surface area contributed by atoms with Crippen molar-refractivity contribution >= 4 is 5.91 Å². The minimum Gasteiger partial charge on any atom is -0.360 e. The zero-order valence-corrected chi connectivity index (χ0v) is 14.3. The average molecular weight is 336 g/mol. The van der Waals surface area contributed by atoms with Crippen LogP contribution in [0, 0.1) is 13.8 Å². The van der Waals surface area contributed by atoms with Crippen LogP contribution in [0.4, 0.5) is 0 Å². The van der Waals surface area contributed by atoms with Crippen molar-refractivity contribution in [2.45, 2.75) is 39.3 Å². The lowest BCUT2D eigenvalue weighted by atomic mass is 10.0. The third kappa shape index (κ3) is 2.95. The average Bonchev–Trinajstić information content (AvgIpc) is 3.17. The Labute approximate surface area is 145 Å². The maximum atomic E-state index is 12.9. The molecule has 1 aliphatic heterocycles. The Kier molecular flexibility index (Phi) is 3.87. The number of hydrogen-bond acceptors (Lipinski definition) is 4. The third-order valence-corrected chi connectivity index (χ3v) is 4.59. The summed E-state index contributed by atoms with van der Waals surface area (Å²) in [6.07, 6.45) is 3.79. The van der Waals surface area contributed by atoms with Crippen molar-refractivity contribution in [3.63, 3.8) is 0 Å². The molecular weight excluding hydrogens is 316 g/mol. The zero-order chi connectivity index (χ0) is 17.4. The fourth-order valence-electron chi connectivity index (χ4n) is 3.39. The Morgan fingerprint density at radius 3 is 2.88 bits per heavy atom. The number of aryl methyl sites for hydroxylation is 3. The van der Waals surface area contributed by atoms with Crippen LogP contribution >= 0.6 is 0 Å². The lowest BCUT2D eigenvalue weighted by Gasteiger charge is -2.24. The first kappa shape index (κ1) is 15.6. The van der Waals surface area contributed by atoms with Crippen LogP contribution in [0.1, 0.15) is 34.1 Å². The van der Waals surface area contributed by atoms with E-state index >= 15 is 0 Å². The van der Waals surface area contributed by atoms with Crippen LogP contribution in [0.2, 0.25) is 0 Å².